The van der Waals surface area contributed by atoms with Gasteiger partial charge < -0.3 is 20.2 Å². The zero-order valence-corrected chi connectivity index (χ0v) is 11.6. The molecule has 1 aromatic heterocycles. The highest BCUT2D eigenvalue weighted by atomic mass is 16.4. The number of aromatic nitrogens is 1. The molecule has 0 saturated heterocycles. The number of aryl methyl sites for hydroxylation is 2. The molecule has 7 nitrogen and oxygen atoms in total. The molecule has 2 aromatic rings. The third-order valence-corrected chi connectivity index (χ3v) is 2.88. The monoisotopic (exact) mass is 289 g/mol. The molecule has 0 aliphatic heterocycles. The average molecular weight is 289 g/mol. The van der Waals surface area contributed by atoms with Crippen LogP contribution < -0.4 is 10.6 Å². The molecule has 2 amide bonds. The number of oxazole rings is 1. The lowest BCUT2D eigenvalue weighted by atomic mass is 10.2. The molecule has 0 unspecified atom stereocenters. The molecule has 0 atom stereocenters. The first-order valence-corrected chi connectivity index (χ1v) is 6.27. The minimum Gasteiger partial charge on any atom is -0.478 e. The Kier molecular flexibility index (Phi) is 4.22. The molecule has 1 heterocycles. The van der Waals surface area contributed by atoms with Crippen LogP contribution in [0.3, 0.4) is 0 Å². The van der Waals surface area contributed by atoms with Crippen LogP contribution in [0.2, 0.25) is 0 Å². The number of carbonyl (C=O) groups excluding carboxylic acids is 1. The van der Waals surface area contributed by atoms with Crippen molar-refractivity contribution < 1.29 is 19.1 Å². The SMILES string of the molecule is Cc1nc(CNC(=O)Nc2ccccc2C(=O)O)oc1C. The Balaban J connectivity index is 1.97. The molecule has 110 valence electrons. The van der Waals surface area contributed by atoms with Crippen LogP contribution >= 0.6 is 0 Å². The quantitative estimate of drug-likeness (QED) is 0.801. The number of benzene rings is 1. The Labute approximate surface area is 121 Å². The number of urea groups is 1. The molecule has 0 fully saturated rings. The number of amides is 2. The number of para-hydroxylation sites is 1. The van der Waals surface area contributed by atoms with E-state index in [4.69, 9.17) is 9.52 Å². The number of anilines is 1. The van der Waals surface area contributed by atoms with Crippen LogP contribution in [-0.4, -0.2) is 22.1 Å². The van der Waals surface area contributed by atoms with E-state index in [-0.39, 0.29) is 17.8 Å². The highest BCUT2D eigenvalue weighted by Crippen LogP contribution is 2.14. The first kappa shape index (κ1) is 14.6. The number of carboxylic acids is 1. The van der Waals surface area contributed by atoms with Crippen molar-refractivity contribution in [1.29, 1.82) is 0 Å². The number of nitrogens with zero attached hydrogens (tertiary/aromatic N) is 1. The summed E-state index contributed by atoms with van der Waals surface area (Å²) in [6, 6.07) is 5.63. The molecular weight excluding hydrogens is 274 g/mol. The van der Waals surface area contributed by atoms with E-state index in [0.29, 0.717) is 11.7 Å². The second-order valence-electron chi connectivity index (χ2n) is 4.41. The van der Waals surface area contributed by atoms with Crippen molar-refractivity contribution in [3.8, 4) is 0 Å². The van der Waals surface area contributed by atoms with E-state index in [1.165, 1.54) is 12.1 Å². The summed E-state index contributed by atoms with van der Waals surface area (Å²) < 4.78 is 5.33. The third-order valence-electron chi connectivity index (χ3n) is 2.88. The van der Waals surface area contributed by atoms with Gasteiger partial charge in [-0.1, -0.05) is 12.1 Å². The van der Waals surface area contributed by atoms with Gasteiger partial charge in [-0.2, -0.15) is 0 Å². The van der Waals surface area contributed by atoms with Crippen LogP contribution in [0.1, 0.15) is 27.7 Å². The number of carbonyl (C=O) groups is 2. The van der Waals surface area contributed by atoms with Crippen LogP contribution in [0.25, 0.3) is 0 Å². The van der Waals surface area contributed by atoms with Gasteiger partial charge in [0.1, 0.15) is 5.76 Å². The molecule has 2 rings (SSSR count). The normalized spacial score (nSPS) is 10.2. The molecule has 0 bridgehead atoms. The standard InChI is InChI=1S/C14H15N3O4/c1-8-9(2)21-12(16-8)7-15-14(20)17-11-6-4-3-5-10(11)13(18)19/h3-6H,7H2,1-2H3,(H,18,19)(H2,15,17,20). The van der Waals surface area contributed by atoms with Crippen molar-refractivity contribution in [2.24, 2.45) is 0 Å². The smallest absolute Gasteiger partial charge is 0.337 e. The van der Waals surface area contributed by atoms with Gasteiger partial charge in [0.2, 0.25) is 5.89 Å². The summed E-state index contributed by atoms with van der Waals surface area (Å²) in [5, 5.41) is 14.1. The second-order valence-corrected chi connectivity index (χ2v) is 4.41. The van der Waals surface area contributed by atoms with Gasteiger partial charge in [-0.15, -0.1) is 0 Å². The fourth-order valence-electron chi connectivity index (χ4n) is 1.72. The lowest BCUT2D eigenvalue weighted by molar-refractivity contribution is 0.0698. The maximum atomic E-state index is 11.8. The Bertz CT molecular complexity index is 659. The van der Waals surface area contributed by atoms with Crippen LogP contribution in [0.4, 0.5) is 10.5 Å². The topological polar surface area (TPSA) is 104 Å². The van der Waals surface area contributed by atoms with E-state index in [1.54, 1.807) is 19.1 Å². The van der Waals surface area contributed by atoms with Gasteiger partial charge in [-0.25, -0.2) is 14.6 Å². The predicted octanol–water partition coefficient (Wildman–Crippen LogP) is 2.31. The van der Waals surface area contributed by atoms with E-state index in [1.807, 2.05) is 6.92 Å². The first-order valence-electron chi connectivity index (χ1n) is 6.27. The summed E-state index contributed by atoms with van der Waals surface area (Å²) in [7, 11) is 0. The highest BCUT2D eigenvalue weighted by molar-refractivity contribution is 5.99. The van der Waals surface area contributed by atoms with E-state index >= 15 is 0 Å². The maximum absolute atomic E-state index is 11.8. The number of aromatic carboxylic acids is 1. The van der Waals surface area contributed by atoms with E-state index in [0.717, 1.165) is 5.69 Å². The Morgan fingerprint density at radius 2 is 2.00 bits per heavy atom. The summed E-state index contributed by atoms with van der Waals surface area (Å²) in [6.45, 7) is 3.72. The van der Waals surface area contributed by atoms with E-state index < -0.39 is 12.0 Å². The Morgan fingerprint density at radius 3 is 2.62 bits per heavy atom. The zero-order valence-electron chi connectivity index (χ0n) is 11.6. The van der Waals surface area contributed by atoms with Crippen LogP contribution in [0.15, 0.2) is 28.7 Å². The van der Waals surface area contributed by atoms with Crippen molar-refractivity contribution in [3.63, 3.8) is 0 Å². The van der Waals surface area contributed by atoms with Gasteiger partial charge in [0.25, 0.3) is 0 Å². The number of rotatable bonds is 4. The average Bonchev–Trinajstić information content (AvgIpc) is 2.76. The van der Waals surface area contributed by atoms with Gasteiger partial charge in [-0.3, -0.25) is 0 Å². The summed E-state index contributed by atoms with van der Waals surface area (Å²) in [5.41, 5.74) is 1.01. The second kappa shape index (κ2) is 6.08. The molecule has 3 N–H and O–H groups in total. The van der Waals surface area contributed by atoms with Crippen molar-refractivity contribution >= 4 is 17.7 Å². The third kappa shape index (κ3) is 3.59. The molecule has 0 aliphatic carbocycles. The number of nitrogens with one attached hydrogen (secondary N) is 2. The van der Waals surface area contributed by atoms with Crippen LogP contribution in [0.5, 0.6) is 0 Å². The number of hydrogen-bond acceptors (Lipinski definition) is 4. The lowest BCUT2D eigenvalue weighted by Crippen LogP contribution is -2.29. The van der Waals surface area contributed by atoms with E-state index in [9.17, 15) is 9.59 Å². The minimum atomic E-state index is -1.11. The fraction of sp³-hybridized carbons (Fsp3) is 0.214. The van der Waals surface area contributed by atoms with Gasteiger partial charge in [-0.05, 0) is 26.0 Å². The summed E-state index contributed by atoms with van der Waals surface area (Å²) in [4.78, 5) is 26.9. The summed E-state index contributed by atoms with van der Waals surface area (Å²) in [5.74, 6) is -0.0139. The maximum Gasteiger partial charge on any atom is 0.337 e. The molecule has 0 spiro atoms. The van der Waals surface area contributed by atoms with Gasteiger partial charge >= 0.3 is 12.0 Å². The fourth-order valence-corrected chi connectivity index (χ4v) is 1.72. The molecule has 0 saturated carbocycles. The van der Waals surface area contributed by atoms with Gasteiger partial charge in [0.15, 0.2) is 0 Å². The van der Waals surface area contributed by atoms with Gasteiger partial charge in [0.05, 0.1) is 23.5 Å². The highest BCUT2D eigenvalue weighted by Gasteiger charge is 2.12. The van der Waals surface area contributed by atoms with Crippen LogP contribution in [0, 0.1) is 13.8 Å². The largest absolute Gasteiger partial charge is 0.478 e. The Hall–Kier alpha value is -2.83. The van der Waals surface area contributed by atoms with Crippen molar-refractivity contribution in [2.45, 2.75) is 20.4 Å². The predicted molar refractivity (Wildman–Crippen MR) is 75.2 cm³/mol. The molecule has 21 heavy (non-hydrogen) atoms. The lowest BCUT2D eigenvalue weighted by Gasteiger charge is -2.08. The number of carboxylic acid groups (broad SMARTS) is 1. The molecule has 0 aliphatic rings. The van der Waals surface area contributed by atoms with Crippen molar-refractivity contribution in [1.82, 2.24) is 10.3 Å². The Morgan fingerprint density at radius 1 is 1.29 bits per heavy atom. The minimum absolute atomic E-state index is 0.0236. The zero-order chi connectivity index (χ0) is 15.4. The first-order chi connectivity index (χ1) is 9.97. The van der Waals surface area contributed by atoms with E-state index in [2.05, 4.69) is 15.6 Å². The van der Waals surface area contributed by atoms with Crippen LogP contribution in [-0.2, 0) is 6.54 Å². The summed E-state index contributed by atoms with van der Waals surface area (Å²) >= 11 is 0. The molecule has 1 aromatic carbocycles. The molecular formula is C14H15N3O4. The van der Waals surface area contributed by atoms with Gasteiger partial charge in [0, 0.05) is 0 Å². The molecule has 7 heteroatoms. The van der Waals surface area contributed by atoms with Crippen molar-refractivity contribution in [2.75, 3.05) is 5.32 Å². The number of hydrogen-bond donors (Lipinski definition) is 3. The van der Waals surface area contributed by atoms with Crippen molar-refractivity contribution in [3.05, 3.63) is 47.2 Å². The summed E-state index contributed by atoms with van der Waals surface area (Å²) in [6.07, 6.45) is 0. The molecule has 0 radical (unpaired) electrons.